The number of halogens is 2. The monoisotopic (exact) mass is 242 g/mol. The number of morpholine rings is 1. The van der Waals surface area contributed by atoms with E-state index in [0.717, 1.165) is 12.6 Å². The van der Waals surface area contributed by atoms with Crippen LogP contribution in [0.25, 0.3) is 0 Å². The maximum atomic E-state index is 13.5. The Balaban J connectivity index is 2.08. The molecule has 0 amide bonds. The summed E-state index contributed by atoms with van der Waals surface area (Å²) < 4.78 is 31.6. The third kappa shape index (κ3) is 3.00. The van der Waals surface area contributed by atoms with Crippen LogP contribution in [0.4, 0.5) is 8.78 Å². The second-order valence-electron chi connectivity index (χ2n) is 4.17. The predicted molar refractivity (Wildman–Crippen MR) is 60.4 cm³/mol. The van der Waals surface area contributed by atoms with Crippen molar-refractivity contribution >= 4 is 0 Å². The molecule has 1 fully saturated rings. The lowest BCUT2D eigenvalue weighted by Crippen LogP contribution is -2.48. The van der Waals surface area contributed by atoms with Gasteiger partial charge in [0, 0.05) is 37.3 Å². The summed E-state index contributed by atoms with van der Waals surface area (Å²) in [5.41, 5.74) is 6.13. The minimum atomic E-state index is -0.552. The molecule has 0 aliphatic carbocycles. The molecule has 1 aromatic carbocycles. The van der Waals surface area contributed by atoms with Gasteiger partial charge in [0.05, 0.1) is 13.2 Å². The van der Waals surface area contributed by atoms with Gasteiger partial charge < -0.3 is 10.5 Å². The number of rotatable bonds is 3. The second kappa shape index (κ2) is 5.53. The molecule has 1 saturated heterocycles. The van der Waals surface area contributed by atoms with Crippen molar-refractivity contribution < 1.29 is 13.5 Å². The standard InChI is InChI=1S/C12H16F2N2O/c13-10-2-1-9(12(14)5-10)7-16-3-4-17-8-11(16)6-15/h1-2,5,11H,3-4,6-8,15H2. The SMILES string of the molecule is NCC1COCCN1Cc1ccc(F)cc1F. The fraction of sp³-hybridized carbons (Fsp3) is 0.500. The number of nitrogens with two attached hydrogens (primary N) is 1. The number of benzene rings is 1. The average Bonchev–Trinajstić information content (AvgIpc) is 2.33. The smallest absolute Gasteiger partial charge is 0.130 e. The molecule has 3 nitrogen and oxygen atoms in total. The highest BCUT2D eigenvalue weighted by Crippen LogP contribution is 2.15. The van der Waals surface area contributed by atoms with Crippen LogP contribution < -0.4 is 5.73 Å². The van der Waals surface area contributed by atoms with Crippen molar-refractivity contribution in [2.75, 3.05) is 26.3 Å². The van der Waals surface area contributed by atoms with Gasteiger partial charge in [0.1, 0.15) is 11.6 Å². The first-order valence-electron chi connectivity index (χ1n) is 5.66. The largest absolute Gasteiger partial charge is 0.378 e. The van der Waals surface area contributed by atoms with Gasteiger partial charge in [0.25, 0.3) is 0 Å². The number of hydrogen-bond donors (Lipinski definition) is 1. The topological polar surface area (TPSA) is 38.5 Å². The van der Waals surface area contributed by atoms with Gasteiger partial charge >= 0.3 is 0 Å². The van der Waals surface area contributed by atoms with Crippen molar-refractivity contribution in [3.05, 3.63) is 35.4 Å². The Labute approximate surface area is 99.2 Å². The number of nitrogens with zero attached hydrogens (tertiary/aromatic N) is 1. The third-order valence-corrected chi connectivity index (χ3v) is 3.01. The Hall–Kier alpha value is -1.04. The van der Waals surface area contributed by atoms with E-state index in [-0.39, 0.29) is 6.04 Å². The lowest BCUT2D eigenvalue weighted by Gasteiger charge is -2.34. The molecule has 0 saturated carbocycles. The summed E-state index contributed by atoms with van der Waals surface area (Å²) in [6.07, 6.45) is 0. The first-order chi connectivity index (χ1) is 8.20. The van der Waals surface area contributed by atoms with E-state index in [1.165, 1.54) is 12.1 Å². The second-order valence-corrected chi connectivity index (χ2v) is 4.17. The van der Waals surface area contributed by atoms with Crippen LogP contribution in [0.15, 0.2) is 18.2 Å². The lowest BCUT2D eigenvalue weighted by atomic mass is 10.1. The Kier molecular flexibility index (Phi) is 4.04. The highest BCUT2D eigenvalue weighted by atomic mass is 19.1. The van der Waals surface area contributed by atoms with Crippen LogP contribution in [0.5, 0.6) is 0 Å². The number of hydrogen-bond acceptors (Lipinski definition) is 3. The fourth-order valence-corrected chi connectivity index (χ4v) is 1.98. The molecule has 1 heterocycles. The molecule has 0 aromatic heterocycles. The average molecular weight is 242 g/mol. The van der Waals surface area contributed by atoms with Crippen LogP contribution in [-0.4, -0.2) is 37.2 Å². The minimum Gasteiger partial charge on any atom is -0.378 e. The molecule has 1 atom stereocenters. The molecule has 1 unspecified atom stereocenters. The molecule has 5 heteroatoms. The first kappa shape index (κ1) is 12.4. The number of ether oxygens (including phenoxy) is 1. The highest BCUT2D eigenvalue weighted by Gasteiger charge is 2.22. The fourth-order valence-electron chi connectivity index (χ4n) is 1.98. The summed E-state index contributed by atoms with van der Waals surface area (Å²) in [5.74, 6) is -1.06. The molecule has 17 heavy (non-hydrogen) atoms. The molecule has 94 valence electrons. The minimum absolute atomic E-state index is 0.105. The Morgan fingerprint density at radius 2 is 2.24 bits per heavy atom. The summed E-state index contributed by atoms with van der Waals surface area (Å²) in [5, 5.41) is 0. The summed E-state index contributed by atoms with van der Waals surface area (Å²) in [7, 11) is 0. The highest BCUT2D eigenvalue weighted by molar-refractivity contribution is 5.18. The van der Waals surface area contributed by atoms with Gasteiger partial charge in [-0.1, -0.05) is 6.07 Å². The van der Waals surface area contributed by atoms with Crippen molar-refractivity contribution in [3.63, 3.8) is 0 Å². The van der Waals surface area contributed by atoms with Crippen LogP contribution in [0.2, 0.25) is 0 Å². The van der Waals surface area contributed by atoms with Gasteiger partial charge in [-0.15, -0.1) is 0 Å². The first-order valence-corrected chi connectivity index (χ1v) is 5.66. The molecule has 1 aliphatic rings. The quantitative estimate of drug-likeness (QED) is 0.863. The van der Waals surface area contributed by atoms with Gasteiger partial charge in [-0.25, -0.2) is 8.78 Å². The van der Waals surface area contributed by atoms with E-state index in [9.17, 15) is 8.78 Å². The van der Waals surface area contributed by atoms with Crippen molar-refractivity contribution in [2.45, 2.75) is 12.6 Å². The zero-order valence-corrected chi connectivity index (χ0v) is 9.53. The van der Waals surface area contributed by atoms with E-state index in [0.29, 0.717) is 31.9 Å². The molecule has 0 bridgehead atoms. The van der Waals surface area contributed by atoms with Crippen LogP contribution in [0.1, 0.15) is 5.56 Å². The maximum Gasteiger partial charge on any atom is 0.130 e. The molecular weight excluding hydrogens is 226 g/mol. The molecule has 1 aromatic rings. The normalized spacial score (nSPS) is 21.7. The van der Waals surface area contributed by atoms with E-state index < -0.39 is 11.6 Å². The van der Waals surface area contributed by atoms with Crippen LogP contribution in [0.3, 0.4) is 0 Å². The van der Waals surface area contributed by atoms with Crippen molar-refractivity contribution in [1.29, 1.82) is 0 Å². The summed E-state index contributed by atoms with van der Waals surface area (Å²) in [4.78, 5) is 2.07. The van der Waals surface area contributed by atoms with Crippen molar-refractivity contribution in [3.8, 4) is 0 Å². The van der Waals surface area contributed by atoms with Gasteiger partial charge in [-0.05, 0) is 6.07 Å². The van der Waals surface area contributed by atoms with E-state index in [4.69, 9.17) is 10.5 Å². The van der Waals surface area contributed by atoms with E-state index >= 15 is 0 Å². The Bertz CT molecular complexity index is 387. The van der Waals surface area contributed by atoms with Gasteiger partial charge in [-0.2, -0.15) is 0 Å². The predicted octanol–water partition coefficient (Wildman–Crippen LogP) is 1.12. The Morgan fingerprint density at radius 1 is 1.41 bits per heavy atom. The zero-order chi connectivity index (χ0) is 12.3. The van der Waals surface area contributed by atoms with Crippen molar-refractivity contribution in [2.24, 2.45) is 5.73 Å². The molecular formula is C12H16F2N2O. The molecule has 0 spiro atoms. The summed E-state index contributed by atoms with van der Waals surface area (Å²) >= 11 is 0. The molecule has 2 rings (SSSR count). The Morgan fingerprint density at radius 3 is 2.94 bits per heavy atom. The summed E-state index contributed by atoms with van der Waals surface area (Å²) in [6.45, 7) is 2.83. The van der Waals surface area contributed by atoms with Crippen LogP contribution in [0, 0.1) is 11.6 Å². The maximum absolute atomic E-state index is 13.5. The zero-order valence-electron chi connectivity index (χ0n) is 9.53. The summed E-state index contributed by atoms with van der Waals surface area (Å²) in [6, 6.07) is 3.77. The van der Waals surface area contributed by atoms with Gasteiger partial charge in [0.15, 0.2) is 0 Å². The van der Waals surface area contributed by atoms with E-state index in [1.807, 2.05) is 0 Å². The molecule has 2 N–H and O–H groups in total. The molecule has 0 radical (unpaired) electrons. The third-order valence-electron chi connectivity index (χ3n) is 3.01. The van der Waals surface area contributed by atoms with Gasteiger partial charge in [-0.3, -0.25) is 4.90 Å². The lowest BCUT2D eigenvalue weighted by molar-refractivity contribution is -0.00836. The van der Waals surface area contributed by atoms with Crippen LogP contribution >= 0.6 is 0 Å². The van der Waals surface area contributed by atoms with Crippen molar-refractivity contribution in [1.82, 2.24) is 4.90 Å². The molecule has 1 aliphatic heterocycles. The van der Waals surface area contributed by atoms with Gasteiger partial charge in [0.2, 0.25) is 0 Å². The van der Waals surface area contributed by atoms with E-state index in [2.05, 4.69) is 4.90 Å². The van der Waals surface area contributed by atoms with Crippen LogP contribution in [-0.2, 0) is 11.3 Å². The van der Waals surface area contributed by atoms with E-state index in [1.54, 1.807) is 0 Å².